The first-order chi connectivity index (χ1) is 12.0. The maximum absolute atomic E-state index is 11.7. The van der Waals surface area contributed by atoms with Crippen molar-refractivity contribution in [3.63, 3.8) is 0 Å². The molecule has 0 fully saturated rings. The number of carbonyl (C=O) groups is 1. The molecule has 0 heterocycles. The first-order valence-electron chi connectivity index (χ1n) is 9.85. The molecule has 0 aliphatic carbocycles. The van der Waals surface area contributed by atoms with Crippen molar-refractivity contribution >= 4 is 5.91 Å². The second-order valence-electron chi connectivity index (χ2n) is 7.25. The average molecular weight is 381 g/mol. The highest BCUT2D eigenvalue weighted by Gasteiger charge is 2.26. The summed E-state index contributed by atoms with van der Waals surface area (Å²) in [5, 5.41) is 2.98. The van der Waals surface area contributed by atoms with Gasteiger partial charge in [0.05, 0.1) is 19.6 Å². The summed E-state index contributed by atoms with van der Waals surface area (Å²) in [5.41, 5.74) is 2.00. The lowest BCUT2D eigenvalue weighted by molar-refractivity contribution is -0.941. The molecule has 1 aromatic rings. The summed E-state index contributed by atoms with van der Waals surface area (Å²) >= 11 is 0. The molecular formula is C22H37ClN2O. The van der Waals surface area contributed by atoms with E-state index in [-0.39, 0.29) is 18.3 Å². The Balaban J connectivity index is 0.00000625. The van der Waals surface area contributed by atoms with Crippen LogP contribution in [0, 0.1) is 0 Å². The Bertz CT molecular complexity index is 508. The van der Waals surface area contributed by atoms with Crippen molar-refractivity contribution in [2.24, 2.45) is 0 Å². The molecule has 26 heavy (non-hydrogen) atoms. The normalized spacial score (nSPS) is 10.9. The van der Waals surface area contributed by atoms with Crippen LogP contribution in [0.1, 0.15) is 58.4 Å². The minimum atomic E-state index is -0.0247. The molecule has 0 bridgehead atoms. The van der Waals surface area contributed by atoms with Gasteiger partial charge in [0.15, 0.2) is 0 Å². The lowest BCUT2D eigenvalue weighted by Crippen LogP contribution is -3.00. The summed E-state index contributed by atoms with van der Waals surface area (Å²) in [5.74, 6) is -0.0247. The van der Waals surface area contributed by atoms with E-state index in [1.807, 2.05) is 0 Å². The number of halogens is 1. The molecule has 4 heteroatoms. The summed E-state index contributed by atoms with van der Waals surface area (Å²) in [6.07, 6.45) is 5.99. The largest absolute Gasteiger partial charge is 1.00 e. The number of unbranched alkanes of at least 4 members (excludes halogenated alkanes) is 2. The third-order valence-electron chi connectivity index (χ3n) is 4.82. The smallest absolute Gasteiger partial charge is 0.246 e. The van der Waals surface area contributed by atoms with Crippen LogP contribution in [0.15, 0.2) is 42.5 Å². The molecule has 1 aromatic carbocycles. The number of quaternary nitrogens is 1. The quantitative estimate of drug-likeness (QED) is 0.315. The molecule has 0 unspecified atom stereocenters. The molecule has 0 radical (unpaired) electrons. The van der Waals surface area contributed by atoms with Gasteiger partial charge < -0.3 is 22.2 Å². The van der Waals surface area contributed by atoms with Crippen LogP contribution in [0.2, 0.25) is 0 Å². The van der Waals surface area contributed by atoms with Crippen LogP contribution >= 0.6 is 0 Å². The predicted molar refractivity (Wildman–Crippen MR) is 107 cm³/mol. The minimum absolute atomic E-state index is 0. The van der Waals surface area contributed by atoms with E-state index in [0.717, 1.165) is 30.5 Å². The van der Waals surface area contributed by atoms with Crippen molar-refractivity contribution in [2.75, 3.05) is 26.2 Å². The first kappa shape index (κ1) is 24.7. The van der Waals surface area contributed by atoms with Gasteiger partial charge in [0, 0.05) is 24.1 Å². The molecule has 0 aliphatic heterocycles. The Morgan fingerprint density at radius 2 is 1.54 bits per heavy atom. The fourth-order valence-electron chi connectivity index (χ4n) is 3.30. The van der Waals surface area contributed by atoms with Gasteiger partial charge >= 0.3 is 0 Å². The number of amides is 1. The third kappa shape index (κ3) is 9.40. The van der Waals surface area contributed by atoms with Crippen molar-refractivity contribution < 1.29 is 21.7 Å². The summed E-state index contributed by atoms with van der Waals surface area (Å²) in [6, 6.07) is 10.8. The minimum Gasteiger partial charge on any atom is -1.00 e. The van der Waals surface area contributed by atoms with E-state index in [9.17, 15) is 4.79 Å². The number of hydrogen-bond acceptors (Lipinski definition) is 1. The lowest BCUT2D eigenvalue weighted by atomic mass is 10.1. The van der Waals surface area contributed by atoms with Crippen molar-refractivity contribution in [3.05, 3.63) is 48.0 Å². The van der Waals surface area contributed by atoms with E-state index >= 15 is 0 Å². The molecule has 1 amide bonds. The molecule has 0 atom stereocenters. The molecule has 0 spiro atoms. The van der Waals surface area contributed by atoms with Gasteiger partial charge in [-0.1, -0.05) is 63.6 Å². The molecular weight excluding hydrogens is 344 g/mol. The van der Waals surface area contributed by atoms with Crippen molar-refractivity contribution in [2.45, 2.75) is 59.4 Å². The van der Waals surface area contributed by atoms with Crippen LogP contribution < -0.4 is 17.7 Å². The zero-order valence-corrected chi connectivity index (χ0v) is 17.7. The Morgan fingerprint density at radius 1 is 1.00 bits per heavy atom. The van der Waals surface area contributed by atoms with Crippen molar-refractivity contribution in [1.82, 2.24) is 5.32 Å². The highest BCUT2D eigenvalue weighted by Crippen LogP contribution is 2.19. The molecule has 1 rings (SSSR count). The highest BCUT2D eigenvalue weighted by atomic mass is 35.5. The van der Waals surface area contributed by atoms with Crippen molar-refractivity contribution in [1.29, 1.82) is 0 Å². The number of nitrogens with zero attached hydrogens (tertiary/aromatic N) is 1. The number of benzene rings is 1. The SMILES string of the molecule is C=C(C)C(=O)NCCC[N+](CCCC)(CCCC)Cc1ccccc1.[Cl-]. The van der Waals surface area contributed by atoms with Gasteiger partial charge in [0.1, 0.15) is 6.54 Å². The van der Waals surface area contributed by atoms with Crippen LogP contribution in [-0.4, -0.2) is 36.6 Å². The fraction of sp³-hybridized carbons (Fsp3) is 0.591. The second kappa shape index (κ2) is 13.8. The zero-order chi connectivity index (χ0) is 18.5. The Labute approximate surface area is 166 Å². The predicted octanol–water partition coefficient (Wildman–Crippen LogP) is 1.69. The Kier molecular flexibility index (Phi) is 13.1. The number of nitrogens with one attached hydrogen (secondary N) is 1. The van der Waals surface area contributed by atoms with Crippen LogP contribution in [0.5, 0.6) is 0 Å². The van der Waals surface area contributed by atoms with Crippen LogP contribution in [0.3, 0.4) is 0 Å². The maximum atomic E-state index is 11.7. The van der Waals surface area contributed by atoms with Crippen molar-refractivity contribution in [3.8, 4) is 0 Å². The van der Waals surface area contributed by atoms with E-state index in [1.165, 1.54) is 44.3 Å². The van der Waals surface area contributed by atoms with Crippen LogP contribution in [0.25, 0.3) is 0 Å². The molecule has 1 N–H and O–H groups in total. The van der Waals surface area contributed by atoms with Gasteiger partial charge in [-0.2, -0.15) is 0 Å². The fourth-order valence-corrected chi connectivity index (χ4v) is 3.30. The van der Waals surface area contributed by atoms with E-state index < -0.39 is 0 Å². The average Bonchev–Trinajstić information content (AvgIpc) is 2.62. The standard InChI is InChI=1S/C22H36N2O.ClH/c1-5-7-16-24(17-8-6-2,19-21-13-10-9-11-14-21)18-12-15-23-22(25)20(3)4;/h9-11,13-14H,3,5-8,12,15-19H2,1-2,4H3;1H. The van der Waals surface area contributed by atoms with Gasteiger partial charge in [-0.3, -0.25) is 4.79 Å². The highest BCUT2D eigenvalue weighted by molar-refractivity contribution is 5.91. The van der Waals surface area contributed by atoms with Gasteiger partial charge in [-0.05, 0) is 19.8 Å². The van der Waals surface area contributed by atoms with E-state index in [4.69, 9.17) is 0 Å². The number of hydrogen-bond donors (Lipinski definition) is 1. The molecule has 0 aliphatic rings. The summed E-state index contributed by atoms with van der Waals surface area (Å²) in [7, 11) is 0. The molecule has 0 saturated heterocycles. The van der Waals surface area contributed by atoms with Gasteiger partial charge in [-0.25, -0.2) is 0 Å². The van der Waals surface area contributed by atoms with Gasteiger partial charge in [0.2, 0.25) is 5.91 Å². The lowest BCUT2D eigenvalue weighted by Gasteiger charge is -2.39. The van der Waals surface area contributed by atoms with E-state index in [0.29, 0.717) is 5.57 Å². The Morgan fingerprint density at radius 3 is 2.04 bits per heavy atom. The molecule has 3 nitrogen and oxygen atoms in total. The third-order valence-corrected chi connectivity index (χ3v) is 4.82. The van der Waals surface area contributed by atoms with E-state index in [2.05, 4.69) is 56.1 Å². The van der Waals surface area contributed by atoms with Gasteiger partial charge in [0.25, 0.3) is 0 Å². The molecule has 0 aromatic heterocycles. The van der Waals surface area contributed by atoms with Crippen LogP contribution in [-0.2, 0) is 11.3 Å². The van der Waals surface area contributed by atoms with Crippen LogP contribution in [0.4, 0.5) is 0 Å². The topological polar surface area (TPSA) is 29.1 Å². The monoisotopic (exact) mass is 380 g/mol. The van der Waals surface area contributed by atoms with E-state index in [1.54, 1.807) is 6.92 Å². The molecule has 148 valence electrons. The second-order valence-corrected chi connectivity index (χ2v) is 7.25. The Hall–Kier alpha value is -1.32. The first-order valence-corrected chi connectivity index (χ1v) is 9.85. The number of carbonyl (C=O) groups excluding carboxylic acids is 1. The molecule has 0 saturated carbocycles. The number of rotatable bonds is 13. The van der Waals surface area contributed by atoms with Gasteiger partial charge in [-0.15, -0.1) is 0 Å². The maximum Gasteiger partial charge on any atom is 0.246 e. The summed E-state index contributed by atoms with van der Waals surface area (Å²) in [4.78, 5) is 11.7. The zero-order valence-electron chi connectivity index (χ0n) is 16.9. The summed E-state index contributed by atoms with van der Waals surface area (Å²) in [6.45, 7) is 15.4. The summed E-state index contributed by atoms with van der Waals surface area (Å²) < 4.78 is 1.13.